The summed E-state index contributed by atoms with van der Waals surface area (Å²) in [5, 5.41) is 10.7. The molecule has 0 saturated carbocycles. The number of aromatic nitrogens is 1. The van der Waals surface area contributed by atoms with Crippen LogP contribution in [0.3, 0.4) is 0 Å². The van der Waals surface area contributed by atoms with Crippen LogP contribution in [0, 0.1) is 5.41 Å². The van der Waals surface area contributed by atoms with Gasteiger partial charge in [0, 0.05) is 24.8 Å². The molecule has 0 fully saturated rings. The molecular weight excluding hydrogens is 273 g/mol. The number of nitrogens with one attached hydrogen (secondary N) is 2. The van der Waals surface area contributed by atoms with Gasteiger partial charge >= 0.3 is 0 Å². The summed E-state index contributed by atoms with van der Waals surface area (Å²) in [6.07, 6.45) is 2.94. The van der Waals surface area contributed by atoms with Gasteiger partial charge in [0.25, 0.3) is 5.91 Å². The second-order valence-corrected chi connectivity index (χ2v) is 6.43. The molecule has 1 rings (SSSR count). The number of hydrogen-bond donors (Lipinski definition) is 2. The van der Waals surface area contributed by atoms with Crippen molar-refractivity contribution >= 4 is 20.5 Å². The molecule has 0 aliphatic heterocycles. The first-order valence-electron chi connectivity index (χ1n) is 7.08. The molecule has 0 aliphatic carbocycles. The van der Waals surface area contributed by atoms with Crippen LogP contribution in [-0.4, -0.2) is 31.2 Å². The summed E-state index contributed by atoms with van der Waals surface area (Å²) in [5.41, 5.74) is 0.376. The number of unbranched alkanes of at least 4 members (excludes halogenated alkanes) is 1. The van der Waals surface area contributed by atoms with Crippen molar-refractivity contribution in [3.63, 3.8) is 0 Å². The van der Waals surface area contributed by atoms with Crippen molar-refractivity contribution in [1.29, 1.82) is 0 Å². The molecular formula is C14H26N3O2P. The van der Waals surface area contributed by atoms with Gasteiger partial charge in [-0.1, -0.05) is 41.6 Å². The minimum Gasteiger partial charge on any atom is -0.360 e. The zero-order valence-corrected chi connectivity index (χ0v) is 14.0. The average molecular weight is 299 g/mol. The van der Waals surface area contributed by atoms with E-state index in [0.29, 0.717) is 12.2 Å². The van der Waals surface area contributed by atoms with Crippen LogP contribution in [0.15, 0.2) is 4.52 Å². The lowest BCUT2D eigenvalue weighted by Crippen LogP contribution is -2.40. The lowest BCUT2D eigenvalue weighted by atomic mass is 9.93. The van der Waals surface area contributed by atoms with Gasteiger partial charge in [-0.25, -0.2) is 0 Å². The Morgan fingerprint density at radius 2 is 2.10 bits per heavy atom. The highest BCUT2D eigenvalue weighted by Gasteiger charge is 2.22. The van der Waals surface area contributed by atoms with Crippen LogP contribution in [-0.2, 0) is 6.42 Å². The fourth-order valence-electron chi connectivity index (χ4n) is 1.96. The van der Waals surface area contributed by atoms with Gasteiger partial charge in [0.2, 0.25) is 0 Å². The number of carbonyl (C=O) groups excluding carboxylic acids is 1. The molecule has 6 heteroatoms. The number of rotatable bonds is 8. The highest BCUT2D eigenvalue weighted by Crippen LogP contribution is 2.13. The molecule has 0 radical (unpaired) electrons. The zero-order valence-electron chi connectivity index (χ0n) is 12.9. The predicted octanol–water partition coefficient (Wildman–Crippen LogP) is 1.49. The fraction of sp³-hybridized carbons (Fsp3) is 0.714. The Kier molecular flexibility index (Phi) is 6.63. The van der Waals surface area contributed by atoms with Crippen molar-refractivity contribution in [1.82, 2.24) is 15.8 Å². The van der Waals surface area contributed by atoms with Crippen molar-refractivity contribution in [3.8, 4) is 0 Å². The summed E-state index contributed by atoms with van der Waals surface area (Å²) in [5.74, 6) is 0.613. The third-order valence-electron chi connectivity index (χ3n) is 3.16. The van der Waals surface area contributed by atoms with E-state index in [-0.39, 0.29) is 11.3 Å². The lowest BCUT2D eigenvalue weighted by Gasteiger charge is -2.24. The first-order valence-corrected chi connectivity index (χ1v) is 7.66. The summed E-state index contributed by atoms with van der Waals surface area (Å²) in [7, 11) is 4.47. The largest absolute Gasteiger partial charge is 0.360 e. The van der Waals surface area contributed by atoms with Gasteiger partial charge in [-0.3, -0.25) is 4.79 Å². The first-order chi connectivity index (χ1) is 9.41. The highest BCUT2D eigenvalue weighted by atomic mass is 31.0. The maximum absolute atomic E-state index is 12.1. The Labute approximate surface area is 123 Å². The molecule has 1 unspecified atom stereocenters. The summed E-state index contributed by atoms with van der Waals surface area (Å²) < 4.78 is 5.25. The Morgan fingerprint density at radius 3 is 2.70 bits per heavy atom. The Morgan fingerprint density at radius 1 is 1.40 bits per heavy atom. The van der Waals surface area contributed by atoms with E-state index in [1.165, 1.54) is 0 Å². The minimum atomic E-state index is -0.175. The van der Waals surface area contributed by atoms with E-state index in [2.05, 4.69) is 45.8 Å². The van der Waals surface area contributed by atoms with Crippen LogP contribution in [0.25, 0.3) is 0 Å². The average Bonchev–Trinajstić information content (AvgIpc) is 2.75. The third-order valence-corrected chi connectivity index (χ3v) is 3.75. The summed E-state index contributed by atoms with van der Waals surface area (Å²) in [6, 6.07) is 0. The fourth-order valence-corrected chi connectivity index (χ4v) is 2.34. The lowest BCUT2D eigenvalue weighted by molar-refractivity contribution is 0.0928. The summed E-state index contributed by atoms with van der Waals surface area (Å²) >= 11 is 0. The Bertz CT molecular complexity index is 444. The second kappa shape index (κ2) is 7.75. The third kappa shape index (κ3) is 4.88. The van der Waals surface area contributed by atoms with Crippen molar-refractivity contribution in [2.24, 2.45) is 5.41 Å². The molecule has 0 aromatic carbocycles. The zero-order chi connectivity index (χ0) is 15.2. The smallest absolute Gasteiger partial charge is 0.274 e. The molecule has 0 bridgehead atoms. The standard InChI is InChI=1S/C14H26N3O2P/c1-5-6-7-10-12(20)11(17-19-10)13(18)16-9-14(2,3)8-15-4/h15H,5-9,20H2,1-4H3,(H,16,18). The molecule has 1 aromatic rings. The summed E-state index contributed by atoms with van der Waals surface area (Å²) in [4.78, 5) is 12.1. The SMILES string of the molecule is CCCCc1onc(C(=O)NCC(C)(C)CNC)c1P. The maximum atomic E-state index is 12.1. The van der Waals surface area contributed by atoms with Crippen molar-refractivity contribution in [3.05, 3.63) is 11.5 Å². The monoisotopic (exact) mass is 299 g/mol. The van der Waals surface area contributed by atoms with E-state index in [0.717, 1.165) is 36.9 Å². The van der Waals surface area contributed by atoms with E-state index in [4.69, 9.17) is 4.52 Å². The van der Waals surface area contributed by atoms with Gasteiger partial charge in [-0.15, -0.1) is 0 Å². The van der Waals surface area contributed by atoms with Gasteiger partial charge in [0.15, 0.2) is 5.69 Å². The minimum absolute atomic E-state index is 0.000232. The molecule has 1 atom stereocenters. The molecule has 1 heterocycles. The van der Waals surface area contributed by atoms with E-state index in [9.17, 15) is 4.79 Å². The Balaban J connectivity index is 2.62. The van der Waals surface area contributed by atoms with Crippen LogP contribution < -0.4 is 15.9 Å². The number of amides is 1. The molecule has 1 aromatic heterocycles. The molecule has 114 valence electrons. The molecule has 0 spiro atoms. The van der Waals surface area contributed by atoms with E-state index < -0.39 is 0 Å². The van der Waals surface area contributed by atoms with Gasteiger partial charge in [0.1, 0.15) is 5.76 Å². The number of nitrogens with zero attached hydrogens (tertiary/aromatic N) is 1. The second-order valence-electron chi connectivity index (χ2n) is 5.85. The molecule has 0 saturated heterocycles. The topological polar surface area (TPSA) is 67.2 Å². The van der Waals surface area contributed by atoms with Crippen LogP contribution in [0.4, 0.5) is 0 Å². The quantitative estimate of drug-likeness (QED) is 0.714. The van der Waals surface area contributed by atoms with Crippen molar-refractivity contribution < 1.29 is 9.32 Å². The molecule has 1 amide bonds. The van der Waals surface area contributed by atoms with Crippen LogP contribution in [0.1, 0.15) is 49.9 Å². The van der Waals surface area contributed by atoms with Crippen molar-refractivity contribution in [2.45, 2.75) is 40.0 Å². The molecule has 20 heavy (non-hydrogen) atoms. The van der Waals surface area contributed by atoms with Crippen LogP contribution in [0.5, 0.6) is 0 Å². The number of aryl methyl sites for hydroxylation is 1. The number of carbonyl (C=O) groups is 1. The van der Waals surface area contributed by atoms with Gasteiger partial charge < -0.3 is 15.2 Å². The van der Waals surface area contributed by atoms with E-state index >= 15 is 0 Å². The predicted molar refractivity (Wildman–Crippen MR) is 84.5 cm³/mol. The number of hydrogen-bond acceptors (Lipinski definition) is 4. The van der Waals surface area contributed by atoms with Gasteiger partial charge in [-0.2, -0.15) is 0 Å². The highest BCUT2D eigenvalue weighted by molar-refractivity contribution is 7.27. The maximum Gasteiger partial charge on any atom is 0.274 e. The van der Waals surface area contributed by atoms with Crippen LogP contribution >= 0.6 is 9.24 Å². The molecule has 0 aliphatic rings. The molecule has 5 nitrogen and oxygen atoms in total. The van der Waals surface area contributed by atoms with Crippen molar-refractivity contribution in [2.75, 3.05) is 20.1 Å². The Hall–Kier alpha value is -0.930. The van der Waals surface area contributed by atoms with Crippen LogP contribution in [0.2, 0.25) is 0 Å². The van der Waals surface area contributed by atoms with E-state index in [1.807, 2.05) is 7.05 Å². The summed E-state index contributed by atoms with van der Waals surface area (Å²) in [6.45, 7) is 7.74. The normalized spacial score (nSPS) is 11.7. The van der Waals surface area contributed by atoms with E-state index in [1.54, 1.807) is 0 Å². The van der Waals surface area contributed by atoms with Gasteiger partial charge in [0.05, 0.1) is 0 Å². The first kappa shape index (κ1) is 17.1. The molecule has 2 N–H and O–H groups in total. The van der Waals surface area contributed by atoms with Gasteiger partial charge in [-0.05, 0) is 18.9 Å².